The van der Waals surface area contributed by atoms with Gasteiger partial charge in [-0.1, -0.05) is 18.2 Å². The van der Waals surface area contributed by atoms with Crippen molar-refractivity contribution in [2.45, 2.75) is 26.3 Å². The fourth-order valence-electron chi connectivity index (χ4n) is 2.49. The predicted octanol–water partition coefficient (Wildman–Crippen LogP) is 3.04. The van der Waals surface area contributed by atoms with E-state index in [0.29, 0.717) is 0 Å². The average Bonchev–Trinajstić information content (AvgIpc) is 2.91. The summed E-state index contributed by atoms with van der Waals surface area (Å²) < 4.78 is 0. The predicted molar refractivity (Wildman–Crippen MR) is 73.3 cm³/mol. The second kappa shape index (κ2) is 4.21. The van der Waals surface area contributed by atoms with Gasteiger partial charge in [0.05, 0.1) is 11.2 Å². The third-order valence-corrected chi connectivity index (χ3v) is 4.28. The molecule has 1 aliphatic rings. The Labute approximate surface area is 110 Å². The number of thiazole rings is 1. The van der Waals surface area contributed by atoms with Crippen molar-refractivity contribution in [3.05, 3.63) is 45.9 Å². The van der Waals surface area contributed by atoms with Gasteiger partial charge in [0.15, 0.2) is 0 Å². The molecule has 3 nitrogen and oxygen atoms in total. The van der Waals surface area contributed by atoms with Gasteiger partial charge in [-0.25, -0.2) is 4.98 Å². The number of carbonyl (C=O) groups excluding carboxylic acids is 1. The number of aryl methyl sites for hydroxylation is 1. The molecular formula is C14H14N2OS. The SMILES string of the molecule is Cc1ncsc1C(=O)N1c2ccccc2CC1C. The van der Waals surface area contributed by atoms with Crippen molar-refractivity contribution >= 4 is 22.9 Å². The zero-order valence-electron chi connectivity index (χ0n) is 10.4. The summed E-state index contributed by atoms with van der Waals surface area (Å²) in [4.78, 5) is 19.4. The van der Waals surface area contributed by atoms with Crippen LogP contribution in [0.15, 0.2) is 29.8 Å². The summed E-state index contributed by atoms with van der Waals surface area (Å²) >= 11 is 1.42. The first-order chi connectivity index (χ1) is 8.68. The maximum Gasteiger partial charge on any atom is 0.270 e. The highest BCUT2D eigenvalue weighted by molar-refractivity contribution is 7.12. The number of fused-ring (bicyclic) bond motifs is 1. The Morgan fingerprint density at radius 1 is 1.44 bits per heavy atom. The highest BCUT2D eigenvalue weighted by atomic mass is 32.1. The summed E-state index contributed by atoms with van der Waals surface area (Å²) in [5.74, 6) is 0.0763. The Balaban J connectivity index is 2.03. The third-order valence-electron chi connectivity index (χ3n) is 3.37. The minimum atomic E-state index is 0.0763. The van der Waals surface area contributed by atoms with Gasteiger partial charge >= 0.3 is 0 Å². The number of para-hydroxylation sites is 1. The van der Waals surface area contributed by atoms with Gasteiger partial charge in [0, 0.05) is 11.7 Å². The quantitative estimate of drug-likeness (QED) is 0.787. The molecular weight excluding hydrogens is 244 g/mol. The largest absolute Gasteiger partial charge is 0.304 e. The van der Waals surface area contributed by atoms with Gasteiger partial charge in [0.2, 0.25) is 0 Å². The minimum Gasteiger partial charge on any atom is -0.304 e. The molecule has 92 valence electrons. The lowest BCUT2D eigenvalue weighted by Crippen LogP contribution is -2.35. The van der Waals surface area contributed by atoms with E-state index < -0.39 is 0 Å². The molecule has 1 amide bonds. The standard InChI is InChI=1S/C14H14N2OS/c1-9-7-11-5-3-4-6-12(11)16(9)14(17)13-10(2)15-8-18-13/h3-6,8-9H,7H2,1-2H3. The number of nitrogens with zero attached hydrogens (tertiary/aromatic N) is 2. The molecule has 0 saturated heterocycles. The van der Waals surface area contributed by atoms with Crippen LogP contribution in [0.2, 0.25) is 0 Å². The average molecular weight is 258 g/mol. The van der Waals surface area contributed by atoms with Crippen LogP contribution in [0.3, 0.4) is 0 Å². The summed E-state index contributed by atoms with van der Waals surface area (Å²) in [6.07, 6.45) is 0.930. The Kier molecular flexibility index (Phi) is 2.67. The fraction of sp³-hybridized carbons (Fsp3) is 0.286. The van der Waals surface area contributed by atoms with Gasteiger partial charge in [-0.3, -0.25) is 4.79 Å². The van der Waals surface area contributed by atoms with Gasteiger partial charge in [-0.2, -0.15) is 0 Å². The van der Waals surface area contributed by atoms with Crippen LogP contribution in [0, 0.1) is 6.92 Å². The van der Waals surface area contributed by atoms with Gasteiger partial charge in [-0.05, 0) is 31.9 Å². The van der Waals surface area contributed by atoms with E-state index in [4.69, 9.17) is 0 Å². The van der Waals surface area contributed by atoms with Gasteiger partial charge in [-0.15, -0.1) is 11.3 Å². The lowest BCUT2D eigenvalue weighted by atomic mass is 10.1. The molecule has 1 aliphatic heterocycles. The number of amides is 1. The lowest BCUT2D eigenvalue weighted by Gasteiger charge is -2.22. The molecule has 18 heavy (non-hydrogen) atoms. The second-order valence-corrected chi connectivity index (χ2v) is 5.48. The van der Waals surface area contributed by atoms with Crippen LogP contribution in [0.25, 0.3) is 0 Å². The van der Waals surface area contributed by atoms with Crippen molar-refractivity contribution in [2.24, 2.45) is 0 Å². The first-order valence-electron chi connectivity index (χ1n) is 6.00. The van der Waals surface area contributed by atoms with Crippen LogP contribution in [-0.4, -0.2) is 16.9 Å². The normalized spacial score (nSPS) is 17.9. The van der Waals surface area contributed by atoms with Crippen LogP contribution in [0.5, 0.6) is 0 Å². The zero-order valence-corrected chi connectivity index (χ0v) is 11.2. The Hall–Kier alpha value is -1.68. The molecule has 0 aliphatic carbocycles. The van der Waals surface area contributed by atoms with Gasteiger partial charge in [0.25, 0.3) is 5.91 Å². The van der Waals surface area contributed by atoms with Crippen molar-refractivity contribution < 1.29 is 4.79 Å². The number of rotatable bonds is 1. The number of hydrogen-bond acceptors (Lipinski definition) is 3. The van der Waals surface area contributed by atoms with Crippen molar-refractivity contribution in [3.63, 3.8) is 0 Å². The summed E-state index contributed by atoms with van der Waals surface area (Å²) in [6, 6.07) is 8.34. The zero-order chi connectivity index (χ0) is 12.7. The molecule has 2 aromatic rings. The number of benzene rings is 1. The summed E-state index contributed by atoms with van der Waals surface area (Å²) in [7, 11) is 0. The van der Waals surface area contributed by atoms with Crippen LogP contribution in [0.1, 0.15) is 27.9 Å². The smallest absolute Gasteiger partial charge is 0.270 e. The van der Waals surface area contributed by atoms with Crippen LogP contribution in [-0.2, 0) is 6.42 Å². The fourth-order valence-corrected chi connectivity index (χ4v) is 3.23. The molecule has 1 aromatic heterocycles. The maximum atomic E-state index is 12.6. The molecule has 0 saturated carbocycles. The second-order valence-electron chi connectivity index (χ2n) is 4.62. The molecule has 3 rings (SSSR count). The molecule has 1 unspecified atom stereocenters. The number of hydrogen-bond donors (Lipinski definition) is 0. The summed E-state index contributed by atoms with van der Waals surface area (Å²) in [5.41, 5.74) is 4.85. The molecule has 1 atom stereocenters. The molecule has 0 N–H and O–H groups in total. The van der Waals surface area contributed by atoms with Crippen LogP contribution < -0.4 is 4.90 Å². The first-order valence-corrected chi connectivity index (χ1v) is 6.88. The topological polar surface area (TPSA) is 33.2 Å². The highest BCUT2D eigenvalue weighted by Gasteiger charge is 2.32. The summed E-state index contributed by atoms with van der Waals surface area (Å²) in [5, 5.41) is 0. The van der Waals surface area contributed by atoms with Crippen molar-refractivity contribution in [3.8, 4) is 0 Å². The molecule has 4 heteroatoms. The molecule has 0 bridgehead atoms. The van der Waals surface area contributed by atoms with Crippen LogP contribution in [0.4, 0.5) is 5.69 Å². The number of anilines is 1. The maximum absolute atomic E-state index is 12.6. The number of aromatic nitrogens is 1. The van der Waals surface area contributed by atoms with E-state index in [-0.39, 0.29) is 11.9 Å². The van der Waals surface area contributed by atoms with E-state index in [9.17, 15) is 4.79 Å². The lowest BCUT2D eigenvalue weighted by molar-refractivity contribution is 0.0984. The van der Waals surface area contributed by atoms with Crippen molar-refractivity contribution in [2.75, 3.05) is 4.90 Å². The van der Waals surface area contributed by atoms with Gasteiger partial charge < -0.3 is 4.90 Å². The Morgan fingerprint density at radius 2 is 2.22 bits per heavy atom. The number of carbonyl (C=O) groups is 1. The van der Waals surface area contributed by atoms with Crippen molar-refractivity contribution in [1.82, 2.24) is 4.98 Å². The van der Waals surface area contributed by atoms with Crippen LogP contribution >= 0.6 is 11.3 Å². The van der Waals surface area contributed by atoms with E-state index in [1.165, 1.54) is 16.9 Å². The molecule has 0 fully saturated rings. The molecule has 0 radical (unpaired) electrons. The Bertz CT molecular complexity index is 605. The monoisotopic (exact) mass is 258 g/mol. The van der Waals surface area contributed by atoms with E-state index in [0.717, 1.165) is 22.7 Å². The Morgan fingerprint density at radius 3 is 2.94 bits per heavy atom. The molecule has 2 heterocycles. The molecule has 0 spiro atoms. The molecule has 1 aromatic carbocycles. The van der Waals surface area contributed by atoms with E-state index >= 15 is 0 Å². The minimum absolute atomic E-state index is 0.0763. The third kappa shape index (κ3) is 1.64. The van der Waals surface area contributed by atoms with Crippen molar-refractivity contribution in [1.29, 1.82) is 0 Å². The first kappa shape index (κ1) is 11.4. The van der Waals surface area contributed by atoms with E-state index in [1.54, 1.807) is 5.51 Å². The van der Waals surface area contributed by atoms with Gasteiger partial charge in [0.1, 0.15) is 4.88 Å². The van der Waals surface area contributed by atoms with E-state index in [2.05, 4.69) is 18.0 Å². The highest BCUT2D eigenvalue weighted by Crippen LogP contribution is 2.33. The van der Waals surface area contributed by atoms with E-state index in [1.807, 2.05) is 30.0 Å². The summed E-state index contributed by atoms with van der Waals surface area (Å²) in [6.45, 7) is 3.98.